The molecule has 1 aliphatic rings. The molecule has 0 aromatic heterocycles. The minimum absolute atomic E-state index is 0.614. The van der Waals surface area contributed by atoms with Gasteiger partial charge < -0.3 is 0 Å². The molecule has 1 aliphatic heterocycles. The van der Waals surface area contributed by atoms with Crippen LogP contribution in [-0.2, 0) is 4.74 Å². The van der Waals surface area contributed by atoms with Gasteiger partial charge >= 0.3 is 52.1 Å². The van der Waals surface area contributed by atoms with Gasteiger partial charge in [0.1, 0.15) is 0 Å². The number of hydrogen-bond acceptors (Lipinski definition) is 2. The summed E-state index contributed by atoms with van der Waals surface area (Å²) in [4.78, 5) is 0. The van der Waals surface area contributed by atoms with E-state index in [2.05, 4.69) is 0 Å². The van der Waals surface area contributed by atoms with E-state index in [1.54, 1.807) is 0 Å². The van der Waals surface area contributed by atoms with Crippen LogP contribution in [0.1, 0.15) is 0 Å². The topological polar surface area (TPSA) is 12.5 Å². The minimum atomic E-state index is -1.44. The van der Waals surface area contributed by atoms with E-state index in [0.717, 1.165) is 0 Å². The number of ether oxygens (including phenoxy) is 1. The molecule has 0 radical (unpaired) electrons. The van der Waals surface area contributed by atoms with Crippen LogP contribution in [0.25, 0.3) is 0 Å². The molecule has 0 bridgehead atoms. The predicted molar refractivity (Wildman–Crippen MR) is 29.6 cm³/mol. The van der Waals surface area contributed by atoms with Gasteiger partial charge in [-0.2, -0.15) is 0 Å². The summed E-state index contributed by atoms with van der Waals surface area (Å²) >= 11 is 0. The monoisotopic (exact) mass is 385 g/mol. The first kappa shape index (κ1) is 6.77. The fourth-order valence-corrected chi connectivity index (χ4v) is 2.38. The Labute approximate surface area is 53.2 Å². The summed E-state index contributed by atoms with van der Waals surface area (Å²) in [6.45, 7) is 1.24. The second-order valence-corrected chi connectivity index (χ2v) is 4.99. The number of hydrogen-bond donors (Lipinski definition) is 0. The fourth-order valence-electron chi connectivity index (χ4n) is 0.676. The molecule has 5 heteroatoms. The number of morpholine rings is 1. The van der Waals surface area contributed by atoms with Crippen molar-refractivity contribution < 1.29 is 13.5 Å². The van der Waals surface area contributed by atoms with Gasteiger partial charge in [0.2, 0.25) is 0 Å². The van der Waals surface area contributed by atoms with E-state index >= 15 is 0 Å². The van der Waals surface area contributed by atoms with Crippen molar-refractivity contribution in [2.45, 2.75) is 0 Å². The standard InChI is InChI=1S/C4H8NO.CF2.Cf/c1-3-6-4-2-5-1;2-1-3;/h1-4H2;;/q-1;;+1. The summed E-state index contributed by atoms with van der Waals surface area (Å²) in [5, 5.41) is 1.83. The van der Waals surface area contributed by atoms with Crippen LogP contribution in [-0.4, -0.2) is 38.5 Å². The number of rotatable bonds is 1. The van der Waals surface area contributed by atoms with E-state index in [9.17, 15) is 8.78 Å². The Bertz CT molecular complexity index is 132. The fraction of sp³-hybridized carbons (Fsp3) is 0.800. The van der Waals surface area contributed by atoms with Crippen LogP contribution in [0.2, 0.25) is 0 Å². The van der Waals surface area contributed by atoms with Crippen molar-refractivity contribution in [1.82, 2.24) is 5.32 Å². The van der Waals surface area contributed by atoms with Gasteiger partial charge in [0.05, 0.1) is 0 Å². The molecule has 0 saturated carbocycles. The van der Waals surface area contributed by atoms with Gasteiger partial charge in [-0.3, -0.25) is 0 Å². The molecule has 0 amide bonds. The van der Waals surface area contributed by atoms with Gasteiger partial charge in [-0.15, -0.1) is 0 Å². The SMILES string of the molecule is F[C](F)=[Cf][N]1CCOCC1. The summed E-state index contributed by atoms with van der Waals surface area (Å²) in [5.74, 6) is 0. The Kier molecular flexibility index (Phi) is 2.02. The van der Waals surface area contributed by atoms with Gasteiger partial charge in [0, 0.05) is 0 Å². The Morgan fingerprint density at radius 2 is 1.90 bits per heavy atom. The molecule has 1 saturated heterocycles. The van der Waals surface area contributed by atoms with Crippen molar-refractivity contribution in [3.8, 4) is 0 Å². The Morgan fingerprint density at radius 3 is 2.40 bits per heavy atom. The molecule has 1 heterocycles. The molecular weight excluding hydrogens is 379 g/mol. The van der Waals surface area contributed by atoms with E-state index < -0.39 is 6.93 Å². The van der Waals surface area contributed by atoms with Gasteiger partial charge in [0.15, 0.2) is 0 Å². The Balaban J connectivity index is 2.33. The van der Waals surface area contributed by atoms with Crippen molar-refractivity contribution in [2.75, 3.05) is 26.3 Å². The first-order valence-corrected chi connectivity index (χ1v) is 5.38. The molecule has 1 rings (SSSR count). The first-order valence-electron chi connectivity index (χ1n) is 2.89. The molecule has 0 atom stereocenters. The average Bonchev–Trinajstić information content (AvgIpc) is 1.88. The van der Waals surface area contributed by atoms with Crippen molar-refractivity contribution in [1.29, 1.82) is 0 Å². The number of nitrogens with zero attached hydrogens (tertiary/aromatic N) is 1. The number of halogens is 2. The van der Waals surface area contributed by atoms with Crippen LogP contribution in [0.15, 0.2) is 0 Å². The summed E-state index contributed by atoms with van der Waals surface area (Å²) in [6.07, 6.45) is 0. The molecule has 0 N–H and O–H groups in total. The zero-order valence-corrected chi connectivity index (χ0v) is 7.89. The zero-order valence-electron chi connectivity index (χ0n) is 5.26. The maximum absolute atomic E-state index is 11.7. The van der Waals surface area contributed by atoms with Crippen LogP contribution in [0.5, 0.6) is 0 Å². The molecule has 0 aliphatic carbocycles. The van der Waals surface area contributed by atoms with Crippen molar-refractivity contribution in [3.63, 3.8) is 0 Å². The van der Waals surface area contributed by atoms with E-state index in [-0.39, 0.29) is 0 Å². The van der Waals surface area contributed by atoms with Crippen LogP contribution in [0.3, 0.4) is 0 Å². The van der Waals surface area contributed by atoms with E-state index in [1.165, 1.54) is 0 Å². The molecular formula is C5H8CfF2NO. The second kappa shape index (κ2) is 2.98. The van der Waals surface area contributed by atoms with Crippen LogP contribution in [0.4, 0.5) is 8.78 Å². The summed E-state index contributed by atoms with van der Waals surface area (Å²) in [6, 6.07) is 0. The predicted octanol–water partition coefficient (Wildman–Crippen LogP) is 0.345. The molecule has 0 spiro atoms. The molecule has 10 heavy (non-hydrogen) atoms. The summed E-state index contributed by atoms with van der Waals surface area (Å²) in [7, 11) is 0. The average molecular weight is 387 g/mol. The second-order valence-electron chi connectivity index (χ2n) is 1.74. The van der Waals surface area contributed by atoms with Gasteiger partial charge in [-0.1, -0.05) is 0 Å². The van der Waals surface area contributed by atoms with E-state index in [1.807, 2.05) is 5.32 Å². The van der Waals surface area contributed by atoms with Gasteiger partial charge in [0.25, 0.3) is 0 Å². The van der Waals surface area contributed by atoms with E-state index in [0.29, 0.717) is 26.3 Å². The van der Waals surface area contributed by atoms with Crippen LogP contribution in [0, 0.1) is 0 Å². The maximum atomic E-state index is 11.7. The Morgan fingerprint density at radius 1 is 1.30 bits per heavy atom. The summed E-state index contributed by atoms with van der Waals surface area (Å²) in [5.41, 5.74) is 0. The van der Waals surface area contributed by atoms with Gasteiger partial charge in [-0.05, 0) is 0 Å². The third-order valence-corrected chi connectivity index (χ3v) is 3.54. The molecule has 63 valence electrons. The van der Waals surface area contributed by atoms with E-state index in [4.69, 9.17) is 4.74 Å². The quantitative estimate of drug-likeness (QED) is 0.644. The zero-order chi connectivity index (χ0) is 7.40. The first-order chi connectivity index (χ1) is 4.79. The molecule has 1 fully saturated rings. The van der Waals surface area contributed by atoms with Crippen LogP contribution >= 0.6 is 0 Å². The van der Waals surface area contributed by atoms with Crippen LogP contribution < -0.4 is 0 Å². The van der Waals surface area contributed by atoms with Crippen molar-refractivity contribution in [3.05, 3.63) is 0 Å². The molecule has 0 aromatic rings. The van der Waals surface area contributed by atoms with Crippen molar-refractivity contribution in [2.24, 2.45) is 0 Å². The molecule has 0 unspecified atom stereocenters. The normalized spacial score (nSPS) is 20.2. The Hall–Kier alpha value is -1.35. The third kappa shape index (κ3) is 1.87. The van der Waals surface area contributed by atoms with Crippen molar-refractivity contribution >= 4 is 6.93 Å². The third-order valence-electron chi connectivity index (χ3n) is 1.08. The molecule has 2 nitrogen and oxygen atoms in total. The van der Waals surface area contributed by atoms with Gasteiger partial charge in [-0.25, -0.2) is 0 Å². The summed E-state index contributed by atoms with van der Waals surface area (Å²) < 4.78 is 27.0. The molecule has 0 aromatic carbocycles.